The van der Waals surface area contributed by atoms with Gasteiger partial charge in [-0.25, -0.2) is 0 Å². The number of anilines is 1. The normalized spacial score (nSPS) is 13.8. The van der Waals surface area contributed by atoms with Gasteiger partial charge in [0.15, 0.2) is 12.4 Å². The number of furan rings is 1. The number of ether oxygens (including phenoxy) is 2. The van der Waals surface area contributed by atoms with Gasteiger partial charge in [0.05, 0.1) is 11.4 Å². The lowest BCUT2D eigenvalue weighted by molar-refractivity contribution is -0.120. The minimum atomic E-state index is -0.322. The number of fused-ring (bicyclic) bond motifs is 5. The Kier molecular flexibility index (Phi) is 5.50. The number of hydrogen-bond donors (Lipinski definition) is 0. The highest BCUT2D eigenvalue weighted by atomic mass is 79.9. The molecule has 9 heteroatoms. The van der Waals surface area contributed by atoms with E-state index in [1.165, 1.54) is 4.90 Å². The molecule has 7 rings (SSSR count). The van der Waals surface area contributed by atoms with Crippen LogP contribution in [0.5, 0.6) is 11.5 Å². The summed E-state index contributed by atoms with van der Waals surface area (Å²) in [6.07, 6.45) is 1.74. The Morgan fingerprint density at radius 3 is 2.69 bits per heavy atom. The number of pyridine rings is 1. The lowest BCUT2D eigenvalue weighted by atomic mass is 9.95. The van der Waals surface area contributed by atoms with E-state index < -0.39 is 0 Å². The van der Waals surface area contributed by atoms with E-state index >= 15 is 0 Å². The monoisotopic (exact) mass is 600 g/mol. The third-order valence-corrected chi connectivity index (χ3v) is 7.73. The predicted molar refractivity (Wildman–Crippen MR) is 151 cm³/mol. The summed E-state index contributed by atoms with van der Waals surface area (Å²) in [7, 11) is 1.66. The number of carbonyl (C=O) groups excluding carboxylic acids is 2. The Bertz CT molecular complexity index is 1860. The Morgan fingerprint density at radius 2 is 1.82 bits per heavy atom. The number of hydrogen-bond acceptors (Lipinski definition) is 6. The van der Waals surface area contributed by atoms with E-state index in [0.717, 1.165) is 38.0 Å². The van der Waals surface area contributed by atoms with E-state index in [9.17, 15) is 9.59 Å². The smallest absolute Gasteiger partial charge is 0.264 e. The average molecular weight is 602 g/mol. The predicted octanol–water partition coefficient (Wildman–Crippen LogP) is 7.06. The van der Waals surface area contributed by atoms with Crippen LogP contribution in [0.25, 0.3) is 33.4 Å². The summed E-state index contributed by atoms with van der Waals surface area (Å²) < 4.78 is 18.5. The first-order chi connectivity index (χ1) is 18.9. The maximum absolute atomic E-state index is 13.9. The Labute approximate surface area is 236 Å². The van der Waals surface area contributed by atoms with Gasteiger partial charge in [0.1, 0.15) is 23.7 Å². The van der Waals surface area contributed by atoms with Gasteiger partial charge in [-0.1, -0.05) is 27.5 Å². The van der Waals surface area contributed by atoms with Crippen LogP contribution in [0.3, 0.4) is 0 Å². The summed E-state index contributed by atoms with van der Waals surface area (Å²) in [6, 6.07) is 18.1. The van der Waals surface area contributed by atoms with Crippen LogP contribution in [0.1, 0.15) is 21.7 Å². The van der Waals surface area contributed by atoms with Crippen molar-refractivity contribution in [1.29, 1.82) is 0 Å². The summed E-state index contributed by atoms with van der Waals surface area (Å²) in [5.41, 5.74) is 5.29. The van der Waals surface area contributed by atoms with Gasteiger partial charge in [-0.05, 0) is 60.7 Å². The number of amides is 1. The molecule has 1 amide bonds. The summed E-state index contributed by atoms with van der Waals surface area (Å²) in [5.74, 6) is 0.933. The topological polar surface area (TPSA) is 81.9 Å². The van der Waals surface area contributed by atoms with Crippen molar-refractivity contribution < 1.29 is 23.5 Å². The van der Waals surface area contributed by atoms with Crippen LogP contribution in [-0.4, -0.2) is 30.3 Å². The molecule has 0 saturated heterocycles. The Morgan fingerprint density at radius 1 is 1.00 bits per heavy atom. The lowest BCUT2D eigenvalue weighted by Crippen LogP contribution is -2.35. The molecule has 2 aliphatic heterocycles. The molecule has 0 radical (unpaired) electrons. The second-order valence-electron chi connectivity index (χ2n) is 9.36. The number of benzene rings is 3. The average Bonchev–Trinajstić information content (AvgIpc) is 3.32. The number of aromatic nitrogens is 1. The van der Waals surface area contributed by atoms with E-state index in [4.69, 9.17) is 30.5 Å². The zero-order valence-corrected chi connectivity index (χ0v) is 22.8. The Hall–Kier alpha value is -4.14. The fourth-order valence-corrected chi connectivity index (χ4v) is 5.56. The first-order valence-electron chi connectivity index (χ1n) is 12.1. The zero-order valence-electron chi connectivity index (χ0n) is 20.5. The molecule has 2 aliphatic rings. The van der Waals surface area contributed by atoms with E-state index in [0.29, 0.717) is 39.8 Å². The molecule has 0 aliphatic carbocycles. The van der Waals surface area contributed by atoms with Gasteiger partial charge in [0, 0.05) is 55.9 Å². The zero-order chi connectivity index (χ0) is 26.8. The summed E-state index contributed by atoms with van der Waals surface area (Å²) in [5, 5.41) is 1.36. The minimum Gasteiger partial charge on any atom is -0.488 e. The van der Waals surface area contributed by atoms with Gasteiger partial charge in [0.2, 0.25) is 5.78 Å². The van der Waals surface area contributed by atoms with Crippen molar-refractivity contribution >= 4 is 55.9 Å². The van der Waals surface area contributed by atoms with Crippen LogP contribution < -0.4 is 14.4 Å². The van der Waals surface area contributed by atoms with Crippen LogP contribution in [0.4, 0.5) is 5.69 Å². The standard InChI is InChI=1S/C30H18BrClN2O5/c1-34-22-9-15(2-5-25(22)38-14-26(34)35)29(36)30-27(20-10-18(31)3-6-24(20)39-30)16-8-17-13-37-23-7-4-19(32)11-21(23)28(17)33-12-16/h2-12H,13-14H2,1H3. The molecule has 0 unspecified atom stereocenters. The molecule has 192 valence electrons. The molecule has 0 saturated carbocycles. The van der Waals surface area contributed by atoms with E-state index in [1.807, 2.05) is 36.4 Å². The molecule has 0 atom stereocenters. The number of rotatable bonds is 3. The molecule has 4 heterocycles. The molecule has 5 aromatic rings. The number of ketones is 1. The van der Waals surface area contributed by atoms with Crippen LogP contribution >= 0.6 is 27.5 Å². The molecule has 0 bridgehead atoms. The van der Waals surface area contributed by atoms with Gasteiger partial charge in [-0.3, -0.25) is 14.6 Å². The molecule has 39 heavy (non-hydrogen) atoms. The van der Waals surface area contributed by atoms with Crippen molar-refractivity contribution in [2.24, 2.45) is 0 Å². The summed E-state index contributed by atoms with van der Waals surface area (Å²) >= 11 is 9.79. The maximum Gasteiger partial charge on any atom is 0.264 e. The molecule has 0 N–H and O–H groups in total. The number of carbonyl (C=O) groups is 2. The summed E-state index contributed by atoms with van der Waals surface area (Å²) in [6.45, 7) is 0.296. The number of nitrogens with zero attached hydrogens (tertiary/aromatic N) is 2. The second kappa shape index (κ2) is 8.97. The lowest BCUT2D eigenvalue weighted by Gasteiger charge is -2.26. The van der Waals surface area contributed by atoms with Crippen molar-refractivity contribution in [2.45, 2.75) is 6.61 Å². The van der Waals surface area contributed by atoms with Crippen LogP contribution in [0.15, 0.2) is 75.8 Å². The Balaban J connectivity index is 1.38. The van der Waals surface area contributed by atoms with Crippen molar-refractivity contribution in [3.63, 3.8) is 0 Å². The molecular formula is C30H18BrClN2O5. The highest BCUT2D eigenvalue weighted by Gasteiger charge is 2.28. The fourth-order valence-electron chi connectivity index (χ4n) is 5.03. The molecule has 0 fully saturated rings. The highest BCUT2D eigenvalue weighted by Crippen LogP contribution is 2.42. The van der Waals surface area contributed by atoms with Crippen molar-refractivity contribution in [3.05, 3.63) is 93.2 Å². The van der Waals surface area contributed by atoms with Crippen molar-refractivity contribution in [2.75, 3.05) is 18.6 Å². The third-order valence-electron chi connectivity index (χ3n) is 7.00. The van der Waals surface area contributed by atoms with Crippen LogP contribution in [0.2, 0.25) is 5.02 Å². The second-order valence-corrected chi connectivity index (χ2v) is 10.7. The van der Waals surface area contributed by atoms with E-state index in [1.54, 1.807) is 37.5 Å². The fraction of sp³-hybridized carbons (Fsp3) is 0.100. The van der Waals surface area contributed by atoms with Crippen molar-refractivity contribution in [1.82, 2.24) is 4.98 Å². The first kappa shape index (κ1) is 23.9. The molecular weight excluding hydrogens is 584 g/mol. The van der Waals surface area contributed by atoms with Crippen molar-refractivity contribution in [3.8, 4) is 33.9 Å². The van der Waals surface area contributed by atoms with E-state index in [-0.39, 0.29) is 24.1 Å². The van der Waals surface area contributed by atoms with Gasteiger partial charge in [-0.15, -0.1) is 0 Å². The molecule has 0 spiro atoms. The highest BCUT2D eigenvalue weighted by molar-refractivity contribution is 9.10. The van der Waals surface area contributed by atoms with Gasteiger partial charge < -0.3 is 18.8 Å². The van der Waals surface area contributed by atoms with Gasteiger partial charge in [0.25, 0.3) is 5.91 Å². The minimum absolute atomic E-state index is 0.0366. The largest absolute Gasteiger partial charge is 0.488 e. The summed E-state index contributed by atoms with van der Waals surface area (Å²) in [4.78, 5) is 32.4. The quantitative estimate of drug-likeness (QED) is 0.206. The maximum atomic E-state index is 13.9. The van der Waals surface area contributed by atoms with Gasteiger partial charge >= 0.3 is 0 Å². The first-order valence-corrected chi connectivity index (χ1v) is 13.3. The SMILES string of the molecule is CN1C(=O)COc2ccc(C(=O)c3oc4ccc(Br)cc4c3-c3cnc4c(c3)COc3ccc(Cl)cc3-4)cc21. The molecule has 3 aromatic carbocycles. The number of likely N-dealkylation sites (N-methyl/N-ethyl adjacent to an activating group) is 1. The molecule has 2 aromatic heterocycles. The van der Waals surface area contributed by atoms with Crippen LogP contribution in [0, 0.1) is 0 Å². The van der Waals surface area contributed by atoms with Crippen LogP contribution in [-0.2, 0) is 11.4 Å². The third kappa shape index (κ3) is 3.90. The van der Waals surface area contributed by atoms with Gasteiger partial charge in [-0.2, -0.15) is 0 Å². The van der Waals surface area contributed by atoms with E-state index in [2.05, 4.69) is 15.9 Å². The number of halogens is 2. The molecule has 7 nitrogen and oxygen atoms in total.